The van der Waals surface area contributed by atoms with Crippen LogP contribution in [-0.4, -0.2) is 38.3 Å². The number of alkyl carbamates (subject to hydrolysis) is 1. The second-order valence-electron chi connectivity index (χ2n) is 9.41. The third-order valence-electron chi connectivity index (χ3n) is 5.62. The van der Waals surface area contributed by atoms with Gasteiger partial charge in [0.2, 0.25) is 5.95 Å². The molecule has 170 valence electrons. The van der Waals surface area contributed by atoms with Gasteiger partial charge in [-0.05, 0) is 52.5 Å². The summed E-state index contributed by atoms with van der Waals surface area (Å²) < 4.78 is 7.47. The molecular weight excluding hydrogens is 426 g/mol. The minimum Gasteiger partial charge on any atom is -0.444 e. The lowest BCUT2D eigenvalue weighted by Gasteiger charge is -2.31. The number of hydrogen-bond acceptors (Lipinski definition) is 5. The second-order valence-corrected chi connectivity index (χ2v) is 9.82. The normalized spacial score (nSPS) is 19.0. The number of hydrogen-bond donors (Lipinski definition) is 2. The number of ether oxygens (including phenoxy) is 1. The number of anilines is 1. The van der Waals surface area contributed by atoms with Gasteiger partial charge in [0.1, 0.15) is 5.60 Å². The van der Waals surface area contributed by atoms with Gasteiger partial charge in [-0.3, -0.25) is 0 Å². The van der Waals surface area contributed by atoms with E-state index in [1.165, 1.54) is 0 Å². The quantitative estimate of drug-likeness (QED) is 0.540. The first-order valence-corrected chi connectivity index (χ1v) is 11.4. The minimum absolute atomic E-state index is 0.0564. The number of nitrogens with zero attached hydrogens (tertiary/aromatic N) is 3. The predicted octanol–water partition coefficient (Wildman–Crippen LogP) is 5.54. The van der Waals surface area contributed by atoms with Crippen LogP contribution in [0.2, 0.25) is 5.02 Å². The number of carbonyl (C=O) groups excluding carboxylic acids is 1. The van der Waals surface area contributed by atoms with Crippen LogP contribution in [0.15, 0.2) is 36.7 Å². The van der Waals surface area contributed by atoms with E-state index < -0.39 is 5.60 Å². The number of rotatable bonds is 4. The van der Waals surface area contributed by atoms with E-state index in [0.29, 0.717) is 16.7 Å². The zero-order chi connectivity index (χ0) is 22.9. The van der Waals surface area contributed by atoms with Crippen molar-refractivity contribution in [1.29, 1.82) is 0 Å². The molecule has 2 atom stereocenters. The lowest BCUT2D eigenvalue weighted by atomic mass is 9.91. The number of amides is 1. The Morgan fingerprint density at radius 2 is 1.97 bits per heavy atom. The summed E-state index contributed by atoms with van der Waals surface area (Å²) in [6.45, 7) is 5.59. The highest BCUT2D eigenvalue weighted by molar-refractivity contribution is 6.33. The number of para-hydroxylation sites is 1. The van der Waals surface area contributed by atoms with E-state index in [0.717, 1.165) is 42.1 Å². The third-order valence-corrected chi connectivity index (χ3v) is 5.90. The van der Waals surface area contributed by atoms with E-state index in [1.54, 1.807) is 6.20 Å². The SMILES string of the molecule is Cn1cc(-c2nc(N[C@@H]3CCC[C@H](NC(=O)OC(C)(C)C)C3)ncc2Cl)c2ccccc21. The van der Waals surface area contributed by atoms with Crippen molar-refractivity contribution in [1.82, 2.24) is 19.9 Å². The van der Waals surface area contributed by atoms with Crippen LogP contribution in [0.3, 0.4) is 0 Å². The Hall–Kier alpha value is -2.80. The topological polar surface area (TPSA) is 81.1 Å². The number of nitrogens with one attached hydrogen (secondary N) is 2. The Bertz CT molecular complexity index is 1120. The maximum Gasteiger partial charge on any atom is 0.407 e. The zero-order valence-corrected chi connectivity index (χ0v) is 19.7. The lowest BCUT2D eigenvalue weighted by Crippen LogP contribution is -2.44. The molecule has 2 aromatic heterocycles. The minimum atomic E-state index is -0.508. The van der Waals surface area contributed by atoms with Gasteiger partial charge in [0.25, 0.3) is 0 Å². The number of aryl methyl sites for hydroxylation is 1. The number of fused-ring (bicyclic) bond motifs is 1. The van der Waals surface area contributed by atoms with E-state index >= 15 is 0 Å². The maximum absolute atomic E-state index is 12.1. The largest absolute Gasteiger partial charge is 0.444 e. The van der Waals surface area contributed by atoms with Crippen molar-refractivity contribution in [2.24, 2.45) is 7.05 Å². The Kier molecular flexibility index (Phi) is 6.29. The van der Waals surface area contributed by atoms with Crippen molar-refractivity contribution < 1.29 is 9.53 Å². The fraction of sp³-hybridized carbons (Fsp3) is 0.458. The molecular formula is C24H30ClN5O2. The molecule has 1 amide bonds. The van der Waals surface area contributed by atoms with Crippen LogP contribution < -0.4 is 10.6 Å². The van der Waals surface area contributed by atoms with Crippen LogP contribution in [0.5, 0.6) is 0 Å². The van der Waals surface area contributed by atoms with Gasteiger partial charge in [-0.1, -0.05) is 29.8 Å². The standard InChI is InChI=1S/C24H30ClN5O2/c1-24(2,3)32-23(31)28-16-9-7-8-15(12-16)27-22-26-13-19(25)21(29-22)18-14-30(4)20-11-6-5-10-17(18)20/h5-6,10-11,13-16H,7-9,12H2,1-4H3,(H,28,31)(H,26,27,29)/t15-,16+/m1/s1. The monoisotopic (exact) mass is 455 g/mol. The van der Waals surface area contributed by atoms with Crippen molar-refractivity contribution >= 4 is 34.5 Å². The van der Waals surface area contributed by atoms with E-state index in [9.17, 15) is 4.79 Å². The van der Waals surface area contributed by atoms with E-state index in [-0.39, 0.29) is 18.2 Å². The molecule has 1 aromatic carbocycles. The van der Waals surface area contributed by atoms with Gasteiger partial charge >= 0.3 is 6.09 Å². The summed E-state index contributed by atoms with van der Waals surface area (Å²) in [7, 11) is 2.01. The van der Waals surface area contributed by atoms with E-state index in [4.69, 9.17) is 21.3 Å². The Morgan fingerprint density at radius 3 is 2.75 bits per heavy atom. The Morgan fingerprint density at radius 1 is 1.22 bits per heavy atom. The smallest absolute Gasteiger partial charge is 0.407 e. The number of carbonyl (C=O) groups is 1. The molecule has 0 saturated heterocycles. The molecule has 1 aliphatic carbocycles. The Balaban J connectivity index is 1.49. The summed E-state index contributed by atoms with van der Waals surface area (Å²) >= 11 is 6.49. The Labute approximate surface area is 193 Å². The molecule has 0 unspecified atom stereocenters. The molecule has 1 saturated carbocycles. The highest BCUT2D eigenvalue weighted by Gasteiger charge is 2.26. The van der Waals surface area contributed by atoms with Crippen LogP contribution in [0.4, 0.5) is 10.7 Å². The van der Waals surface area contributed by atoms with Crippen molar-refractivity contribution in [3.63, 3.8) is 0 Å². The highest BCUT2D eigenvalue weighted by Crippen LogP contribution is 2.34. The van der Waals surface area contributed by atoms with Gasteiger partial charge in [-0.15, -0.1) is 0 Å². The molecule has 0 bridgehead atoms. The van der Waals surface area contributed by atoms with Crippen LogP contribution in [0.1, 0.15) is 46.5 Å². The first kappa shape index (κ1) is 22.4. The van der Waals surface area contributed by atoms with Gasteiger partial charge in [0.15, 0.2) is 0 Å². The highest BCUT2D eigenvalue weighted by atomic mass is 35.5. The number of halogens is 1. The van der Waals surface area contributed by atoms with Crippen LogP contribution in [-0.2, 0) is 11.8 Å². The third kappa shape index (κ3) is 5.15. The lowest BCUT2D eigenvalue weighted by molar-refractivity contribution is 0.0492. The molecule has 32 heavy (non-hydrogen) atoms. The zero-order valence-electron chi connectivity index (χ0n) is 19.0. The van der Waals surface area contributed by atoms with Gasteiger partial charge in [0, 0.05) is 41.8 Å². The van der Waals surface area contributed by atoms with Crippen molar-refractivity contribution in [3.05, 3.63) is 41.7 Å². The first-order valence-electron chi connectivity index (χ1n) is 11.0. The molecule has 0 spiro atoms. The predicted molar refractivity (Wildman–Crippen MR) is 128 cm³/mol. The fourth-order valence-corrected chi connectivity index (χ4v) is 4.46. The second kappa shape index (κ2) is 8.98. The fourth-order valence-electron chi connectivity index (χ4n) is 4.26. The van der Waals surface area contributed by atoms with Gasteiger partial charge < -0.3 is 19.9 Å². The number of benzene rings is 1. The summed E-state index contributed by atoms with van der Waals surface area (Å²) in [5, 5.41) is 8.05. The van der Waals surface area contributed by atoms with Crippen molar-refractivity contribution in [3.8, 4) is 11.3 Å². The summed E-state index contributed by atoms with van der Waals surface area (Å²) in [5.41, 5.74) is 2.30. The molecule has 4 rings (SSSR count). The van der Waals surface area contributed by atoms with Crippen molar-refractivity contribution in [2.75, 3.05) is 5.32 Å². The molecule has 2 N–H and O–H groups in total. The maximum atomic E-state index is 12.1. The summed E-state index contributed by atoms with van der Waals surface area (Å²) in [4.78, 5) is 21.3. The summed E-state index contributed by atoms with van der Waals surface area (Å²) in [5.74, 6) is 0.542. The van der Waals surface area contributed by atoms with E-state index in [1.807, 2.05) is 46.1 Å². The molecule has 0 radical (unpaired) electrons. The first-order chi connectivity index (χ1) is 15.2. The van der Waals surface area contributed by atoms with Crippen LogP contribution in [0, 0.1) is 0 Å². The number of aromatic nitrogens is 3. The summed E-state index contributed by atoms with van der Waals surface area (Å²) in [6.07, 6.45) is 7.03. The summed E-state index contributed by atoms with van der Waals surface area (Å²) in [6, 6.07) is 8.40. The van der Waals surface area contributed by atoms with E-state index in [2.05, 4.69) is 32.3 Å². The molecule has 8 heteroatoms. The van der Waals surface area contributed by atoms with Gasteiger partial charge in [-0.25, -0.2) is 14.8 Å². The van der Waals surface area contributed by atoms with Crippen LogP contribution >= 0.6 is 11.6 Å². The molecule has 7 nitrogen and oxygen atoms in total. The molecule has 0 aliphatic heterocycles. The molecule has 1 aliphatic rings. The van der Waals surface area contributed by atoms with Crippen molar-refractivity contribution in [2.45, 2.75) is 64.1 Å². The molecule has 3 aromatic rings. The average Bonchev–Trinajstić information content (AvgIpc) is 3.05. The van der Waals surface area contributed by atoms with Crippen LogP contribution in [0.25, 0.3) is 22.2 Å². The van der Waals surface area contributed by atoms with Gasteiger partial charge in [0.05, 0.1) is 16.9 Å². The molecule has 1 fully saturated rings. The molecule has 2 heterocycles. The average molecular weight is 456 g/mol. The van der Waals surface area contributed by atoms with Gasteiger partial charge in [-0.2, -0.15) is 0 Å².